The Balaban J connectivity index is 1.80. The SMILES string of the molecule is COCN1CC[C@@H]2N(COC)CC[C@H]3N(COC)CC[C@H]1N23. The van der Waals surface area contributed by atoms with E-state index >= 15 is 0 Å². The van der Waals surface area contributed by atoms with Gasteiger partial charge in [-0.3, -0.25) is 19.6 Å². The van der Waals surface area contributed by atoms with Crippen LogP contribution >= 0.6 is 0 Å². The van der Waals surface area contributed by atoms with Crippen LogP contribution in [0.2, 0.25) is 0 Å². The zero-order valence-corrected chi connectivity index (χ0v) is 14.1. The molecule has 0 aromatic carbocycles. The van der Waals surface area contributed by atoms with E-state index < -0.39 is 0 Å². The molecule has 7 nitrogen and oxygen atoms in total. The third-order valence-electron chi connectivity index (χ3n) is 5.21. The van der Waals surface area contributed by atoms with Crippen molar-refractivity contribution >= 4 is 0 Å². The summed E-state index contributed by atoms with van der Waals surface area (Å²) in [4.78, 5) is 10.1. The fourth-order valence-electron chi connectivity index (χ4n) is 4.40. The van der Waals surface area contributed by atoms with Crippen LogP contribution in [-0.4, -0.2) is 99.3 Å². The fraction of sp³-hybridized carbons (Fsp3) is 1.00. The molecule has 0 aromatic rings. The maximum absolute atomic E-state index is 5.42. The first kappa shape index (κ1) is 16.6. The molecule has 0 bridgehead atoms. The molecule has 3 aliphatic heterocycles. The Bertz CT molecular complexity index is 307. The lowest BCUT2D eigenvalue weighted by atomic mass is 9.99. The fourth-order valence-corrected chi connectivity index (χ4v) is 4.40. The third-order valence-corrected chi connectivity index (χ3v) is 5.21. The van der Waals surface area contributed by atoms with Crippen molar-refractivity contribution < 1.29 is 14.2 Å². The van der Waals surface area contributed by atoms with Crippen molar-refractivity contribution in [2.45, 2.75) is 37.8 Å². The average molecular weight is 314 g/mol. The Kier molecular flexibility index (Phi) is 5.67. The van der Waals surface area contributed by atoms with Crippen LogP contribution in [0.4, 0.5) is 0 Å². The molecule has 3 rings (SSSR count). The lowest BCUT2D eigenvalue weighted by Crippen LogP contribution is -2.74. The zero-order chi connectivity index (χ0) is 15.5. The summed E-state index contributed by atoms with van der Waals surface area (Å²) in [6.07, 6.45) is 4.83. The average Bonchev–Trinajstić information content (AvgIpc) is 2.53. The number of ether oxygens (including phenoxy) is 3. The molecule has 0 radical (unpaired) electrons. The maximum atomic E-state index is 5.42. The minimum Gasteiger partial charge on any atom is -0.369 e. The predicted octanol–water partition coefficient (Wildman–Crippen LogP) is 0.196. The zero-order valence-electron chi connectivity index (χ0n) is 14.1. The summed E-state index contributed by atoms with van der Waals surface area (Å²) in [6, 6.07) is 0. The van der Waals surface area contributed by atoms with Gasteiger partial charge in [0.2, 0.25) is 0 Å². The minimum absolute atomic E-state index is 0.469. The molecule has 0 saturated carbocycles. The summed E-state index contributed by atoms with van der Waals surface area (Å²) < 4.78 is 16.3. The standard InChI is InChI=1S/C15H30N4O3/c1-20-10-16-7-4-14-18(12-22-3)9-6-15-17(11-21-2)8-5-13(16)19(14)15/h13-15H,4-12H2,1-3H3/t13-,14-,15+/m1/s1. The smallest absolute Gasteiger partial charge is 0.0998 e. The molecule has 22 heavy (non-hydrogen) atoms. The van der Waals surface area contributed by atoms with Crippen molar-refractivity contribution in [3.63, 3.8) is 0 Å². The molecule has 0 aromatic heterocycles. The van der Waals surface area contributed by atoms with Crippen molar-refractivity contribution in [3.8, 4) is 0 Å². The predicted molar refractivity (Wildman–Crippen MR) is 82.8 cm³/mol. The van der Waals surface area contributed by atoms with Crippen molar-refractivity contribution in [1.29, 1.82) is 0 Å². The van der Waals surface area contributed by atoms with E-state index in [0.717, 1.165) is 59.1 Å². The van der Waals surface area contributed by atoms with Gasteiger partial charge in [-0.1, -0.05) is 0 Å². The van der Waals surface area contributed by atoms with Crippen LogP contribution in [0.25, 0.3) is 0 Å². The molecule has 0 spiro atoms. The summed E-state index contributed by atoms with van der Waals surface area (Å²) in [7, 11) is 5.37. The summed E-state index contributed by atoms with van der Waals surface area (Å²) in [5, 5.41) is 0. The van der Waals surface area contributed by atoms with Crippen molar-refractivity contribution in [2.75, 3.05) is 61.2 Å². The Labute approximate surface area is 133 Å². The van der Waals surface area contributed by atoms with Crippen molar-refractivity contribution in [2.24, 2.45) is 0 Å². The van der Waals surface area contributed by atoms with Crippen LogP contribution in [0.3, 0.4) is 0 Å². The first-order valence-corrected chi connectivity index (χ1v) is 8.26. The molecule has 3 saturated heterocycles. The van der Waals surface area contributed by atoms with E-state index in [1.807, 2.05) is 0 Å². The summed E-state index contributed by atoms with van der Waals surface area (Å²) in [5.74, 6) is 0. The molecular formula is C15H30N4O3. The van der Waals surface area contributed by atoms with E-state index in [2.05, 4.69) is 19.6 Å². The van der Waals surface area contributed by atoms with Crippen molar-refractivity contribution in [1.82, 2.24) is 19.6 Å². The van der Waals surface area contributed by atoms with Crippen molar-refractivity contribution in [3.05, 3.63) is 0 Å². The molecule has 3 atom stereocenters. The summed E-state index contributed by atoms with van der Waals surface area (Å²) in [5.41, 5.74) is 0. The van der Waals surface area contributed by atoms with E-state index in [1.54, 1.807) is 21.3 Å². The Morgan fingerprint density at radius 3 is 1.23 bits per heavy atom. The summed E-state index contributed by atoms with van der Waals surface area (Å²) >= 11 is 0. The topological polar surface area (TPSA) is 40.6 Å². The van der Waals surface area contributed by atoms with E-state index in [9.17, 15) is 0 Å². The van der Waals surface area contributed by atoms with Gasteiger partial charge in [0.15, 0.2) is 0 Å². The Morgan fingerprint density at radius 1 is 0.636 bits per heavy atom. The number of nitrogens with zero attached hydrogens (tertiary/aromatic N) is 4. The number of rotatable bonds is 6. The second-order valence-corrected chi connectivity index (χ2v) is 6.45. The molecule has 0 aliphatic carbocycles. The largest absolute Gasteiger partial charge is 0.369 e. The number of methoxy groups -OCH3 is 3. The molecule has 7 heteroatoms. The van der Waals surface area contributed by atoms with E-state index in [1.165, 1.54) is 0 Å². The first-order valence-electron chi connectivity index (χ1n) is 8.26. The van der Waals surface area contributed by atoms with E-state index in [0.29, 0.717) is 18.5 Å². The molecule has 128 valence electrons. The van der Waals surface area contributed by atoms with Gasteiger partial charge < -0.3 is 14.2 Å². The van der Waals surface area contributed by atoms with Crippen LogP contribution < -0.4 is 0 Å². The van der Waals surface area contributed by atoms with E-state index in [4.69, 9.17) is 14.2 Å². The quantitative estimate of drug-likeness (QED) is 0.693. The van der Waals surface area contributed by atoms with Gasteiger partial charge in [0.25, 0.3) is 0 Å². The maximum Gasteiger partial charge on any atom is 0.0998 e. The number of hydrogen-bond acceptors (Lipinski definition) is 7. The lowest BCUT2D eigenvalue weighted by Gasteiger charge is -2.61. The summed E-state index contributed by atoms with van der Waals surface area (Å²) in [6.45, 7) is 5.43. The van der Waals surface area contributed by atoms with Gasteiger partial charge in [0.1, 0.15) is 0 Å². The Hall–Kier alpha value is -0.280. The Morgan fingerprint density at radius 2 is 0.955 bits per heavy atom. The van der Waals surface area contributed by atoms with Crippen LogP contribution in [0.1, 0.15) is 19.3 Å². The molecule has 0 unspecified atom stereocenters. The highest BCUT2D eigenvalue weighted by Gasteiger charge is 2.48. The first-order chi connectivity index (χ1) is 10.8. The second-order valence-electron chi connectivity index (χ2n) is 6.45. The monoisotopic (exact) mass is 314 g/mol. The lowest BCUT2D eigenvalue weighted by molar-refractivity contribution is -0.231. The van der Waals surface area contributed by atoms with Gasteiger partial charge in [0.05, 0.1) is 38.7 Å². The van der Waals surface area contributed by atoms with Gasteiger partial charge in [-0.05, 0) is 19.3 Å². The molecule has 3 heterocycles. The van der Waals surface area contributed by atoms with Crippen LogP contribution in [0, 0.1) is 0 Å². The second kappa shape index (κ2) is 7.53. The molecule has 0 amide bonds. The van der Waals surface area contributed by atoms with Crippen LogP contribution in [-0.2, 0) is 14.2 Å². The molecule has 3 fully saturated rings. The van der Waals surface area contributed by atoms with Gasteiger partial charge >= 0.3 is 0 Å². The van der Waals surface area contributed by atoms with Gasteiger partial charge in [-0.2, -0.15) is 0 Å². The molecule has 0 N–H and O–H groups in total. The van der Waals surface area contributed by atoms with Gasteiger partial charge in [-0.15, -0.1) is 0 Å². The van der Waals surface area contributed by atoms with Gasteiger partial charge in [-0.25, -0.2) is 0 Å². The molecule has 3 aliphatic rings. The highest BCUT2D eigenvalue weighted by molar-refractivity contribution is 4.96. The van der Waals surface area contributed by atoms with E-state index in [-0.39, 0.29) is 0 Å². The molecular weight excluding hydrogens is 284 g/mol. The number of hydrogen-bond donors (Lipinski definition) is 0. The highest BCUT2D eigenvalue weighted by atomic mass is 16.5. The normalized spacial score (nSPS) is 34.8. The minimum atomic E-state index is 0.469. The highest BCUT2D eigenvalue weighted by Crippen LogP contribution is 2.36. The van der Waals surface area contributed by atoms with Crippen LogP contribution in [0.5, 0.6) is 0 Å². The van der Waals surface area contributed by atoms with Crippen LogP contribution in [0.15, 0.2) is 0 Å². The van der Waals surface area contributed by atoms with Gasteiger partial charge in [0, 0.05) is 41.0 Å². The third kappa shape index (κ3) is 3.03.